The van der Waals surface area contributed by atoms with Crippen molar-refractivity contribution in [3.05, 3.63) is 36.9 Å². The van der Waals surface area contributed by atoms with Crippen molar-refractivity contribution in [3.8, 4) is 5.75 Å². The second-order valence-corrected chi connectivity index (χ2v) is 6.12. The van der Waals surface area contributed by atoms with Gasteiger partial charge in [0.1, 0.15) is 5.75 Å². The highest BCUT2D eigenvalue weighted by Gasteiger charge is 2.34. The smallest absolute Gasteiger partial charge is 0.325 e. The summed E-state index contributed by atoms with van der Waals surface area (Å²) in [7, 11) is -2.32. The molecule has 0 saturated carbocycles. The number of carbonyl (C=O) groups is 1. The second kappa shape index (κ2) is 7.09. The van der Waals surface area contributed by atoms with Crippen LogP contribution in [0.2, 0.25) is 0 Å². The summed E-state index contributed by atoms with van der Waals surface area (Å²) in [6.45, 7) is 5.24. The van der Waals surface area contributed by atoms with E-state index in [1.807, 2.05) is 0 Å². The molecule has 1 aromatic rings. The van der Waals surface area contributed by atoms with E-state index < -0.39 is 21.1 Å². The number of esters is 1. The van der Waals surface area contributed by atoms with Crippen molar-refractivity contribution in [1.82, 2.24) is 0 Å². The monoisotopic (exact) mass is 298 g/mol. The van der Waals surface area contributed by atoms with Gasteiger partial charge in [-0.2, -0.15) is 0 Å². The summed E-state index contributed by atoms with van der Waals surface area (Å²) < 4.78 is 34.7. The lowest BCUT2D eigenvalue weighted by Gasteiger charge is -2.15. The number of ether oxygens (including phenoxy) is 2. The van der Waals surface area contributed by atoms with Crippen LogP contribution in [0.25, 0.3) is 0 Å². The molecule has 1 aromatic carbocycles. The molecular formula is C14H18O5S. The van der Waals surface area contributed by atoms with Crippen LogP contribution < -0.4 is 4.74 Å². The molecular weight excluding hydrogens is 280 g/mol. The normalized spacial score (nSPS) is 12.5. The maximum Gasteiger partial charge on any atom is 0.325 e. The van der Waals surface area contributed by atoms with E-state index in [-0.39, 0.29) is 17.9 Å². The maximum absolute atomic E-state index is 12.4. The molecule has 0 aliphatic carbocycles. The van der Waals surface area contributed by atoms with E-state index in [1.54, 1.807) is 6.92 Å². The first-order valence-electron chi connectivity index (χ1n) is 6.12. The van der Waals surface area contributed by atoms with E-state index in [4.69, 9.17) is 9.47 Å². The molecule has 0 aliphatic rings. The summed E-state index contributed by atoms with van der Waals surface area (Å²) >= 11 is 0. The Morgan fingerprint density at radius 2 is 1.95 bits per heavy atom. The molecule has 110 valence electrons. The highest BCUT2D eigenvalue weighted by atomic mass is 32.2. The van der Waals surface area contributed by atoms with Crippen molar-refractivity contribution in [2.45, 2.75) is 23.5 Å². The average molecular weight is 298 g/mol. The van der Waals surface area contributed by atoms with Gasteiger partial charge in [0.25, 0.3) is 0 Å². The van der Waals surface area contributed by atoms with Crippen LogP contribution in [-0.2, 0) is 19.4 Å². The quantitative estimate of drug-likeness (QED) is 0.568. The van der Waals surface area contributed by atoms with Gasteiger partial charge in [0.15, 0.2) is 15.1 Å². The summed E-state index contributed by atoms with van der Waals surface area (Å²) in [5, 5.41) is -1.27. The Labute approximate surface area is 119 Å². The van der Waals surface area contributed by atoms with E-state index >= 15 is 0 Å². The van der Waals surface area contributed by atoms with Crippen molar-refractivity contribution >= 4 is 15.8 Å². The van der Waals surface area contributed by atoms with E-state index in [0.29, 0.717) is 5.75 Å². The highest BCUT2D eigenvalue weighted by Crippen LogP contribution is 2.22. The minimum absolute atomic E-state index is 0.00714. The van der Waals surface area contributed by atoms with Gasteiger partial charge in [0.2, 0.25) is 0 Å². The lowest BCUT2D eigenvalue weighted by molar-refractivity contribution is -0.142. The van der Waals surface area contributed by atoms with Crippen LogP contribution in [0.3, 0.4) is 0 Å². The Bertz CT molecular complexity index is 560. The van der Waals surface area contributed by atoms with Crippen LogP contribution in [0.1, 0.15) is 13.3 Å². The van der Waals surface area contributed by atoms with E-state index in [9.17, 15) is 13.2 Å². The maximum atomic E-state index is 12.4. The highest BCUT2D eigenvalue weighted by molar-refractivity contribution is 7.92. The Hall–Kier alpha value is -1.82. The molecule has 5 nitrogen and oxygen atoms in total. The lowest BCUT2D eigenvalue weighted by Crippen LogP contribution is -2.31. The van der Waals surface area contributed by atoms with Crippen molar-refractivity contribution < 1.29 is 22.7 Å². The zero-order valence-electron chi connectivity index (χ0n) is 11.5. The number of hydrogen-bond donors (Lipinski definition) is 0. The van der Waals surface area contributed by atoms with Crippen LogP contribution >= 0.6 is 0 Å². The molecule has 1 rings (SSSR count). The fourth-order valence-electron chi connectivity index (χ4n) is 1.67. The van der Waals surface area contributed by atoms with Crippen LogP contribution in [-0.4, -0.2) is 33.4 Å². The molecule has 0 saturated heterocycles. The van der Waals surface area contributed by atoms with Crippen molar-refractivity contribution in [2.24, 2.45) is 0 Å². The Morgan fingerprint density at radius 1 is 1.35 bits per heavy atom. The fraction of sp³-hybridized carbons (Fsp3) is 0.357. The summed E-state index contributed by atoms with van der Waals surface area (Å²) in [5.74, 6) is -0.219. The minimum Gasteiger partial charge on any atom is -0.497 e. The van der Waals surface area contributed by atoms with Crippen molar-refractivity contribution in [3.63, 3.8) is 0 Å². The van der Waals surface area contributed by atoms with Gasteiger partial charge in [-0.3, -0.25) is 4.79 Å². The first kappa shape index (κ1) is 16.2. The number of rotatable bonds is 7. The van der Waals surface area contributed by atoms with Crippen molar-refractivity contribution in [2.75, 3.05) is 13.7 Å². The van der Waals surface area contributed by atoms with E-state index in [0.717, 1.165) is 0 Å². The SMILES string of the molecule is C=CCC(C(=O)OCC)S(=O)(=O)c1ccc(OC)cc1. The van der Waals surface area contributed by atoms with Gasteiger partial charge >= 0.3 is 5.97 Å². The van der Waals surface area contributed by atoms with Crippen LogP contribution in [0, 0.1) is 0 Å². The van der Waals surface area contributed by atoms with Crippen LogP contribution in [0.15, 0.2) is 41.8 Å². The Kier molecular flexibility index (Phi) is 5.76. The third kappa shape index (κ3) is 3.60. The zero-order valence-corrected chi connectivity index (χ0v) is 12.4. The number of sulfone groups is 1. The van der Waals surface area contributed by atoms with Gasteiger partial charge in [-0.15, -0.1) is 6.58 Å². The van der Waals surface area contributed by atoms with Crippen LogP contribution in [0.4, 0.5) is 0 Å². The van der Waals surface area contributed by atoms with Gasteiger partial charge in [-0.1, -0.05) is 6.08 Å². The molecule has 0 spiro atoms. The zero-order chi connectivity index (χ0) is 15.2. The molecule has 0 amide bonds. The van der Waals surface area contributed by atoms with Gasteiger partial charge < -0.3 is 9.47 Å². The van der Waals surface area contributed by atoms with Gasteiger partial charge in [-0.25, -0.2) is 8.42 Å². The Morgan fingerprint density at radius 3 is 2.40 bits per heavy atom. The molecule has 0 aromatic heterocycles. The summed E-state index contributed by atoms with van der Waals surface area (Å²) in [5.41, 5.74) is 0. The summed E-state index contributed by atoms with van der Waals surface area (Å²) in [4.78, 5) is 11.9. The van der Waals surface area contributed by atoms with Gasteiger partial charge in [0, 0.05) is 0 Å². The first-order valence-corrected chi connectivity index (χ1v) is 7.67. The average Bonchev–Trinajstić information content (AvgIpc) is 2.44. The minimum atomic E-state index is -3.81. The third-order valence-corrected chi connectivity index (χ3v) is 4.76. The third-order valence-electron chi connectivity index (χ3n) is 2.69. The second-order valence-electron chi connectivity index (χ2n) is 3.99. The number of benzene rings is 1. The van der Waals surface area contributed by atoms with Gasteiger partial charge in [-0.05, 0) is 37.6 Å². The Balaban J connectivity index is 3.14. The standard InChI is InChI=1S/C14H18O5S/c1-4-6-13(14(15)19-5-2)20(16,17)12-9-7-11(18-3)8-10-12/h4,7-10,13H,1,5-6H2,2-3H3. The number of allylic oxidation sites excluding steroid dienone is 1. The van der Waals surface area contributed by atoms with E-state index in [2.05, 4.69) is 6.58 Å². The van der Waals surface area contributed by atoms with Gasteiger partial charge in [0.05, 0.1) is 18.6 Å². The fourth-order valence-corrected chi connectivity index (χ4v) is 3.22. The molecule has 0 heterocycles. The number of methoxy groups -OCH3 is 1. The molecule has 0 N–H and O–H groups in total. The number of carbonyl (C=O) groups excluding carboxylic acids is 1. The molecule has 1 atom stereocenters. The molecule has 20 heavy (non-hydrogen) atoms. The molecule has 0 bridgehead atoms. The van der Waals surface area contributed by atoms with Crippen molar-refractivity contribution in [1.29, 1.82) is 0 Å². The molecule has 0 fully saturated rings. The molecule has 0 aliphatic heterocycles. The predicted molar refractivity (Wildman–Crippen MR) is 75.4 cm³/mol. The molecule has 1 unspecified atom stereocenters. The first-order chi connectivity index (χ1) is 9.47. The summed E-state index contributed by atoms with van der Waals surface area (Å²) in [6, 6.07) is 5.87. The molecule has 0 radical (unpaired) electrons. The number of hydrogen-bond acceptors (Lipinski definition) is 5. The van der Waals surface area contributed by atoms with E-state index in [1.165, 1.54) is 37.5 Å². The lowest BCUT2D eigenvalue weighted by atomic mass is 10.3. The predicted octanol–water partition coefficient (Wildman–Crippen LogP) is 1.98. The van der Waals surface area contributed by atoms with Crippen LogP contribution in [0.5, 0.6) is 5.75 Å². The summed E-state index contributed by atoms with van der Waals surface area (Å²) in [6.07, 6.45) is 1.40. The topological polar surface area (TPSA) is 69.7 Å². The molecule has 6 heteroatoms. The largest absolute Gasteiger partial charge is 0.497 e.